The van der Waals surface area contributed by atoms with Crippen molar-refractivity contribution >= 4 is 16.9 Å². The Kier molecular flexibility index (Phi) is 5.03. The first kappa shape index (κ1) is 23.4. The number of benzene rings is 2. The van der Waals surface area contributed by atoms with Gasteiger partial charge in [-0.25, -0.2) is 22.5 Å². The average Bonchev–Trinajstić information content (AvgIpc) is 3.15. The van der Waals surface area contributed by atoms with Crippen LogP contribution >= 0.6 is 0 Å². The van der Waals surface area contributed by atoms with Crippen LogP contribution in [0.3, 0.4) is 0 Å². The number of fused-ring (bicyclic) bond motifs is 5. The molecule has 4 aromatic rings. The number of hydrogen-bond acceptors (Lipinski definition) is 5. The Morgan fingerprint density at radius 3 is 2.41 bits per heavy atom. The van der Waals surface area contributed by atoms with Gasteiger partial charge in [0, 0.05) is 22.6 Å². The monoisotopic (exact) mass is 510 g/mol. The highest BCUT2D eigenvalue weighted by Crippen LogP contribution is 2.44. The maximum Gasteiger partial charge on any atom is 0.309 e. The molecule has 2 aromatic heterocycles. The van der Waals surface area contributed by atoms with E-state index in [1.807, 2.05) is 0 Å². The third-order valence-electron chi connectivity index (χ3n) is 7.20. The van der Waals surface area contributed by atoms with E-state index >= 15 is 8.78 Å². The molecular formula is C27H18F4N2O4. The SMILES string of the molecule is CC[C@@]1(O)CC(=O)OCc2c1cc1n(c2=O)Cc2c-1nc1cc(F)c(F)cc1c2-c1c(F)cccc1F. The molecule has 0 radical (unpaired) electrons. The average molecular weight is 510 g/mol. The minimum atomic E-state index is -1.69. The number of esters is 1. The number of aliphatic hydroxyl groups is 1. The van der Waals surface area contributed by atoms with Crippen LogP contribution in [0.2, 0.25) is 0 Å². The molecule has 10 heteroatoms. The van der Waals surface area contributed by atoms with Crippen LogP contribution in [0.5, 0.6) is 0 Å². The quantitative estimate of drug-likeness (QED) is 0.275. The summed E-state index contributed by atoms with van der Waals surface area (Å²) in [5, 5.41) is 11.2. The number of carbonyl (C=O) groups excluding carboxylic acids is 1. The van der Waals surface area contributed by atoms with Crippen LogP contribution in [0.4, 0.5) is 17.6 Å². The molecule has 188 valence electrons. The van der Waals surface area contributed by atoms with Crippen molar-refractivity contribution in [3.63, 3.8) is 0 Å². The zero-order valence-electron chi connectivity index (χ0n) is 19.4. The molecule has 0 spiro atoms. The molecule has 37 heavy (non-hydrogen) atoms. The van der Waals surface area contributed by atoms with Gasteiger partial charge >= 0.3 is 5.97 Å². The Morgan fingerprint density at radius 1 is 1.00 bits per heavy atom. The van der Waals surface area contributed by atoms with Crippen molar-refractivity contribution in [1.29, 1.82) is 0 Å². The number of rotatable bonds is 2. The number of nitrogens with zero attached hydrogens (tertiary/aromatic N) is 2. The molecule has 4 heterocycles. The second-order valence-corrected chi connectivity index (χ2v) is 9.23. The van der Waals surface area contributed by atoms with Crippen molar-refractivity contribution in [2.75, 3.05) is 0 Å². The number of cyclic esters (lactones) is 1. The number of pyridine rings is 2. The molecule has 0 saturated carbocycles. The lowest BCUT2D eigenvalue weighted by Gasteiger charge is -2.26. The zero-order valence-corrected chi connectivity index (χ0v) is 19.4. The molecule has 6 nitrogen and oxygen atoms in total. The highest BCUT2D eigenvalue weighted by Gasteiger charge is 2.40. The van der Waals surface area contributed by atoms with Crippen molar-refractivity contribution < 1.29 is 32.2 Å². The Morgan fingerprint density at radius 2 is 1.70 bits per heavy atom. The van der Waals surface area contributed by atoms with Gasteiger partial charge in [-0.05, 0) is 36.2 Å². The molecule has 1 N–H and O–H groups in total. The van der Waals surface area contributed by atoms with E-state index in [0.29, 0.717) is 0 Å². The Labute approximate surface area is 206 Å². The molecule has 6 rings (SSSR count). The fraction of sp³-hybridized carbons (Fsp3) is 0.222. The second-order valence-electron chi connectivity index (χ2n) is 9.23. The molecule has 0 aliphatic carbocycles. The number of aromatic nitrogens is 2. The topological polar surface area (TPSA) is 81.4 Å². The summed E-state index contributed by atoms with van der Waals surface area (Å²) in [5.74, 6) is -4.93. The summed E-state index contributed by atoms with van der Waals surface area (Å²) >= 11 is 0. The molecule has 0 saturated heterocycles. The largest absolute Gasteiger partial charge is 0.460 e. The lowest BCUT2D eigenvalue weighted by atomic mass is 9.85. The first-order valence-electron chi connectivity index (χ1n) is 11.5. The smallest absolute Gasteiger partial charge is 0.309 e. The lowest BCUT2D eigenvalue weighted by Crippen LogP contribution is -2.32. The molecule has 0 fully saturated rings. The van der Waals surface area contributed by atoms with Crippen molar-refractivity contribution in [3.05, 3.63) is 86.7 Å². The van der Waals surface area contributed by atoms with Crippen molar-refractivity contribution in [2.45, 2.75) is 38.5 Å². The van der Waals surface area contributed by atoms with E-state index in [1.54, 1.807) is 6.92 Å². The highest BCUT2D eigenvalue weighted by atomic mass is 19.2. The fourth-order valence-corrected chi connectivity index (χ4v) is 5.29. The van der Waals surface area contributed by atoms with Gasteiger partial charge in [0.05, 0.1) is 41.0 Å². The van der Waals surface area contributed by atoms with Gasteiger partial charge in [0.25, 0.3) is 5.56 Å². The van der Waals surface area contributed by atoms with Crippen LogP contribution < -0.4 is 5.56 Å². The normalized spacial score (nSPS) is 18.3. The third kappa shape index (κ3) is 3.32. The minimum Gasteiger partial charge on any atom is -0.460 e. The maximum atomic E-state index is 15.0. The molecule has 0 amide bonds. The summed E-state index contributed by atoms with van der Waals surface area (Å²) in [5.41, 5.74) is -2.00. The van der Waals surface area contributed by atoms with Crippen molar-refractivity contribution in [3.8, 4) is 22.5 Å². The second kappa shape index (κ2) is 7.97. The summed E-state index contributed by atoms with van der Waals surface area (Å²) in [7, 11) is 0. The van der Waals surface area contributed by atoms with Gasteiger partial charge in [-0.15, -0.1) is 0 Å². The molecule has 0 unspecified atom stereocenters. The van der Waals surface area contributed by atoms with Gasteiger partial charge in [-0.3, -0.25) is 9.59 Å². The van der Waals surface area contributed by atoms with Gasteiger partial charge in [-0.2, -0.15) is 0 Å². The van der Waals surface area contributed by atoms with Gasteiger partial charge in [-0.1, -0.05) is 13.0 Å². The highest BCUT2D eigenvalue weighted by molar-refractivity contribution is 6.00. The number of hydrogen-bond donors (Lipinski definition) is 1. The molecule has 2 aromatic carbocycles. The molecule has 2 aliphatic heterocycles. The van der Waals surface area contributed by atoms with E-state index in [-0.39, 0.29) is 70.5 Å². The van der Waals surface area contributed by atoms with Gasteiger partial charge < -0.3 is 14.4 Å². The fourth-order valence-electron chi connectivity index (χ4n) is 5.29. The van der Waals surface area contributed by atoms with Crippen LogP contribution in [0.15, 0.2) is 41.2 Å². The summed E-state index contributed by atoms with van der Waals surface area (Å²) in [4.78, 5) is 30.2. The zero-order chi connectivity index (χ0) is 26.2. The summed E-state index contributed by atoms with van der Waals surface area (Å²) in [6.45, 7) is 1.12. The van der Waals surface area contributed by atoms with Crippen LogP contribution in [0.25, 0.3) is 33.4 Å². The van der Waals surface area contributed by atoms with Crippen LogP contribution in [-0.2, 0) is 28.3 Å². The van der Waals surface area contributed by atoms with Gasteiger partial charge in [0.1, 0.15) is 23.8 Å². The van der Waals surface area contributed by atoms with E-state index in [4.69, 9.17) is 4.74 Å². The van der Waals surface area contributed by atoms with Gasteiger partial charge in [0.2, 0.25) is 0 Å². The first-order chi connectivity index (χ1) is 17.6. The Bertz CT molecular complexity index is 1710. The maximum absolute atomic E-state index is 15.0. The summed E-state index contributed by atoms with van der Waals surface area (Å²) in [6, 6.07) is 6.43. The molecular weight excluding hydrogens is 492 g/mol. The van der Waals surface area contributed by atoms with E-state index in [2.05, 4.69) is 4.98 Å². The minimum absolute atomic E-state index is 0.0249. The van der Waals surface area contributed by atoms with Crippen molar-refractivity contribution in [2.24, 2.45) is 0 Å². The standard InChI is InChI=1S/C27H18F4N2O4/c1-2-27(36)9-22(34)37-11-14-15(27)7-21-25-13(10-33(21)26(14)35)23(24-16(28)4-3-5-17(24)29)12-6-18(30)19(31)8-20(12)32-25/h3-8,36H,2,9-11H2,1H3/t27-/m1/s1. The molecule has 0 bridgehead atoms. The van der Waals surface area contributed by atoms with E-state index in [9.17, 15) is 23.5 Å². The Balaban J connectivity index is 1.72. The summed E-state index contributed by atoms with van der Waals surface area (Å²) in [6.07, 6.45) is -0.264. The predicted octanol–water partition coefficient (Wildman–Crippen LogP) is 4.69. The summed E-state index contributed by atoms with van der Waals surface area (Å²) < 4.78 is 65.0. The number of carbonyl (C=O) groups is 1. The predicted molar refractivity (Wildman–Crippen MR) is 124 cm³/mol. The van der Waals surface area contributed by atoms with E-state index < -0.39 is 46.0 Å². The van der Waals surface area contributed by atoms with Crippen LogP contribution in [-0.4, -0.2) is 20.6 Å². The van der Waals surface area contributed by atoms with E-state index in [0.717, 1.165) is 24.3 Å². The molecule has 2 aliphatic rings. The van der Waals surface area contributed by atoms with Crippen molar-refractivity contribution in [1.82, 2.24) is 9.55 Å². The lowest BCUT2D eigenvalue weighted by molar-refractivity contribution is -0.149. The van der Waals surface area contributed by atoms with Gasteiger partial charge in [0.15, 0.2) is 11.6 Å². The molecule has 1 atom stereocenters. The number of ether oxygens (including phenoxy) is 1. The first-order valence-corrected chi connectivity index (χ1v) is 11.5. The third-order valence-corrected chi connectivity index (χ3v) is 7.20. The van der Waals surface area contributed by atoms with Crippen LogP contribution in [0, 0.1) is 23.3 Å². The van der Waals surface area contributed by atoms with E-state index in [1.165, 1.54) is 16.7 Å². The number of halogens is 4. The Hall–Kier alpha value is -4.05. The van der Waals surface area contributed by atoms with Crippen LogP contribution in [0.1, 0.15) is 36.5 Å².